The number of hydrogen-bond donors (Lipinski definition) is 1. The van der Waals surface area contributed by atoms with Gasteiger partial charge in [0.05, 0.1) is 36.3 Å². The van der Waals surface area contributed by atoms with Crippen LogP contribution < -0.4 is 10.2 Å². The first-order valence-corrected chi connectivity index (χ1v) is 8.70. The first kappa shape index (κ1) is 17.0. The Bertz CT molecular complexity index is 570. The first-order valence-electron chi connectivity index (χ1n) is 8.70. The normalized spacial score (nSPS) is 27.9. The van der Waals surface area contributed by atoms with Gasteiger partial charge < -0.3 is 24.6 Å². The van der Waals surface area contributed by atoms with Gasteiger partial charge in [0.1, 0.15) is 0 Å². The summed E-state index contributed by atoms with van der Waals surface area (Å²) in [5.41, 5.74) is 1.90. The fraction of sp³-hybridized carbons (Fsp3) is 0.611. The van der Waals surface area contributed by atoms with Crippen LogP contribution in [0.1, 0.15) is 20.8 Å². The lowest BCUT2D eigenvalue weighted by molar-refractivity contribution is -0.00521. The number of nitrogens with one attached hydrogen (secondary N) is 1. The van der Waals surface area contributed by atoms with Crippen molar-refractivity contribution >= 4 is 17.4 Å². The van der Waals surface area contributed by atoms with Gasteiger partial charge in [0, 0.05) is 26.2 Å². The number of ether oxygens (including phenoxy) is 2. The molecule has 2 heterocycles. The quantitative estimate of drug-likeness (QED) is 0.904. The van der Waals surface area contributed by atoms with Crippen molar-refractivity contribution in [2.24, 2.45) is 0 Å². The third kappa shape index (κ3) is 3.99. The molecule has 132 valence electrons. The molecule has 1 aromatic rings. The Balaban J connectivity index is 1.73. The van der Waals surface area contributed by atoms with Crippen molar-refractivity contribution in [3.05, 3.63) is 24.3 Å². The molecule has 2 saturated heterocycles. The van der Waals surface area contributed by atoms with Crippen LogP contribution in [0.3, 0.4) is 0 Å². The Labute approximate surface area is 143 Å². The van der Waals surface area contributed by atoms with Crippen LogP contribution in [-0.4, -0.2) is 62.0 Å². The van der Waals surface area contributed by atoms with Crippen LogP contribution in [0.2, 0.25) is 0 Å². The van der Waals surface area contributed by atoms with Crippen molar-refractivity contribution in [3.63, 3.8) is 0 Å². The van der Waals surface area contributed by atoms with Crippen LogP contribution in [0.4, 0.5) is 16.2 Å². The molecule has 2 fully saturated rings. The summed E-state index contributed by atoms with van der Waals surface area (Å²) in [7, 11) is 0. The van der Waals surface area contributed by atoms with Gasteiger partial charge in [-0.3, -0.25) is 0 Å². The maximum absolute atomic E-state index is 12.6. The van der Waals surface area contributed by atoms with Crippen molar-refractivity contribution in [1.82, 2.24) is 4.90 Å². The van der Waals surface area contributed by atoms with Gasteiger partial charge in [0.2, 0.25) is 0 Å². The number of amides is 2. The number of hydrogen-bond acceptors (Lipinski definition) is 4. The van der Waals surface area contributed by atoms with E-state index in [1.54, 1.807) is 0 Å². The molecule has 0 radical (unpaired) electrons. The van der Waals surface area contributed by atoms with E-state index in [1.807, 2.05) is 30.0 Å². The largest absolute Gasteiger partial charge is 0.375 e. The lowest BCUT2D eigenvalue weighted by Gasteiger charge is -2.38. The molecule has 0 unspecified atom stereocenters. The smallest absolute Gasteiger partial charge is 0.322 e. The van der Waals surface area contributed by atoms with Crippen molar-refractivity contribution in [1.29, 1.82) is 0 Å². The fourth-order valence-corrected chi connectivity index (χ4v) is 3.43. The molecule has 0 spiro atoms. The zero-order chi connectivity index (χ0) is 17.1. The molecule has 3 atom stereocenters. The maximum atomic E-state index is 12.6. The average molecular weight is 333 g/mol. The molecule has 24 heavy (non-hydrogen) atoms. The Morgan fingerprint density at radius 2 is 1.79 bits per heavy atom. The molecule has 0 saturated carbocycles. The number of carbonyl (C=O) groups is 1. The average Bonchev–Trinajstić information content (AvgIpc) is 2.54. The van der Waals surface area contributed by atoms with Gasteiger partial charge in [-0.25, -0.2) is 4.79 Å². The van der Waals surface area contributed by atoms with E-state index in [2.05, 4.69) is 30.1 Å². The number of benzene rings is 1. The molecule has 2 amide bonds. The maximum Gasteiger partial charge on any atom is 0.322 e. The molecule has 2 aliphatic rings. The topological polar surface area (TPSA) is 54.0 Å². The molecule has 6 nitrogen and oxygen atoms in total. The highest BCUT2D eigenvalue weighted by Gasteiger charge is 2.26. The van der Waals surface area contributed by atoms with E-state index in [4.69, 9.17) is 9.47 Å². The molecule has 2 aliphatic heterocycles. The van der Waals surface area contributed by atoms with Crippen molar-refractivity contribution in [2.45, 2.75) is 39.1 Å². The summed E-state index contributed by atoms with van der Waals surface area (Å²) in [4.78, 5) is 16.7. The number of carbonyl (C=O) groups excluding carboxylic acids is 1. The van der Waals surface area contributed by atoms with Gasteiger partial charge >= 0.3 is 6.03 Å². The first-order chi connectivity index (χ1) is 11.5. The Morgan fingerprint density at radius 3 is 2.50 bits per heavy atom. The minimum absolute atomic E-state index is 0.0630. The predicted molar refractivity (Wildman–Crippen MR) is 94.7 cm³/mol. The van der Waals surface area contributed by atoms with Gasteiger partial charge in [0.15, 0.2) is 0 Å². The van der Waals surface area contributed by atoms with Gasteiger partial charge in [-0.15, -0.1) is 0 Å². The summed E-state index contributed by atoms with van der Waals surface area (Å²) in [6.45, 7) is 9.65. The van der Waals surface area contributed by atoms with E-state index in [-0.39, 0.29) is 24.3 Å². The molecule has 3 rings (SSSR count). The van der Waals surface area contributed by atoms with Crippen LogP contribution in [0, 0.1) is 0 Å². The zero-order valence-electron chi connectivity index (χ0n) is 14.7. The lowest BCUT2D eigenvalue weighted by Crippen LogP contribution is -2.47. The molecule has 6 heteroatoms. The number of morpholine rings is 2. The van der Waals surface area contributed by atoms with Crippen molar-refractivity contribution < 1.29 is 14.3 Å². The van der Waals surface area contributed by atoms with Crippen LogP contribution in [-0.2, 0) is 9.47 Å². The summed E-state index contributed by atoms with van der Waals surface area (Å²) < 4.78 is 11.3. The molecule has 1 aromatic carbocycles. The molecular formula is C18H27N3O3. The summed E-state index contributed by atoms with van der Waals surface area (Å²) in [6.07, 6.45) is 0.441. The standard InChI is InChI=1S/C18H27N3O3/c1-13-10-20(8-9-23-13)18(22)19-16-6-4-5-7-17(16)21-11-14(2)24-15(3)12-21/h4-7,13-15H,8-12H2,1-3H3,(H,19,22)/t13-,14-,15+/m1/s1. The lowest BCUT2D eigenvalue weighted by atomic mass is 10.1. The summed E-state index contributed by atoms with van der Waals surface area (Å²) in [6, 6.07) is 7.91. The zero-order valence-corrected chi connectivity index (χ0v) is 14.7. The minimum atomic E-state index is -0.0630. The summed E-state index contributed by atoms with van der Waals surface area (Å²) in [5, 5.41) is 3.08. The van der Waals surface area contributed by atoms with Crippen molar-refractivity contribution in [3.8, 4) is 0 Å². The van der Waals surface area contributed by atoms with Gasteiger partial charge in [-0.1, -0.05) is 12.1 Å². The number of para-hydroxylation sites is 2. The van der Waals surface area contributed by atoms with Crippen molar-refractivity contribution in [2.75, 3.05) is 43.0 Å². The minimum Gasteiger partial charge on any atom is -0.375 e. The second-order valence-electron chi connectivity index (χ2n) is 6.74. The van der Waals surface area contributed by atoms with Crippen LogP contribution in [0.5, 0.6) is 0 Å². The number of nitrogens with zero attached hydrogens (tertiary/aromatic N) is 2. The van der Waals surface area contributed by atoms with E-state index >= 15 is 0 Å². The molecule has 1 N–H and O–H groups in total. The molecule has 0 aromatic heterocycles. The van der Waals surface area contributed by atoms with E-state index in [0.29, 0.717) is 19.7 Å². The third-order valence-electron chi connectivity index (χ3n) is 4.43. The molecule has 0 aliphatic carbocycles. The second-order valence-corrected chi connectivity index (χ2v) is 6.74. The van der Waals surface area contributed by atoms with Crippen LogP contribution in [0.25, 0.3) is 0 Å². The highest BCUT2D eigenvalue weighted by Crippen LogP contribution is 2.28. The van der Waals surface area contributed by atoms with E-state index in [1.165, 1.54) is 0 Å². The van der Waals surface area contributed by atoms with Crippen LogP contribution in [0.15, 0.2) is 24.3 Å². The monoisotopic (exact) mass is 333 g/mol. The second kappa shape index (κ2) is 7.40. The number of urea groups is 1. The highest BCUT2D eigenvalue weighted by molar-refractivity contribution is 5.93. The van der Waals surface area contributed by atoms with E-state index in [0.717, 1.165) is 24.5 Å². The van der Waals surface area contributed by atoms with Gasteiger partial charge in [0.25, 0.3) is 0 Å². The van der Waals surface area contributed by atoms with Crippen LogP contribution >= 0.6 is 0 Å². The predicted octanol–water partition coefficient (Wildman–Crippen LogP) is 2.55. The Kier molecular flexibility index (Phi) is 5.26. The number of anilines is 2. The van der Waals surface area contributed by atoms with Gasteiger partial charge in [-0.2, -0.15) is 0 Å². The summed E-state index contributed by atoms with van der Waals surface area (Å²) in [5.74, 6) is 0. The Hall–Kier alpha value is -1.79. The summed E-state index contributed by atoms with van der Waals surface area (Å²) >= 11 is 0. The third-order valence-corrected chi connectivity index (χ3v) is 4.43. The van der Waals surface area contributed by atoms with E-state index in [9.17, 15) is 4.79 Å². The fourth-order valence-electron chi connectivity index (χ4n) is 3.43. The Morgan fingerprint density at radius 1 is 1.08 bits per heavy atom. The van der Waals surface area contributed by atoms with Gasteiger partial charge in [-0.05, 0) is 32.9 Å². The van der Waals surface area contributed by atoms with E-state index < -0.39 is 0 Å². The number of rotatable bonds is 2. The molecule has 0 bridgehead atoms. The SMILES string of the molecule is C[C@@H]1CN(C(=O)Nc2ccccc2N2C[C@@H](C)O[C@@H](C)C2)CCO1. The molecular weight excluding hydrogens is 306 g/mol. The highest BCUT2D eigenvalue weighted by atomic mass is 16.5.